The number of hydrogen-bond acceptors (Lipinski definition) is 4. The zero-order chi connectivity index (χ0) is 17.1. The van der Waals surface area contributed by atoms with Crippen molar-refractivity contribution in [1.29, 1.82) is 10.8 Å². The van der Waals surface area contributed by atoms with E-state index in [1.54, 1.807) is 0 Å². The number of carbonyl (C=O) groups excluding carboxylic acids is 2. The van der Waals surface area contributed by atoms with Crippen LogP contribution in [0.3, 0.4) is 0 Å². The van der Waals surface area contributed by atoms with Crippen LogP contribution in [0.15, 0.2) is 0 Å². The van der Waals surface area contributed by atoms with Gasteiger partial charge in [0.25, 0.3) is 0 Å². The van der Waals surface area contributed by atoms with Gasteiger partial charge in [-0.2, -0.15) is 0 Å². The van der Waals surface area contributed by atoms with Gasteiger partial charge in [0.15, 0.2) is 11.6 Å². The topological polar surface area (TPSA) is 81.8 Å². The summed E-state index contributed by atoms with van der Waals surface area (Å²) in [6.07, 6.45) is 16.1. The van der Waals surface area contributed by atoms with E-state index in [0.717, 1.165) is 44.5 Å². The Hall–Kier alpha value is -1.32. The lowest BCUT2D eigenvalue weighted by Gasteiger charge is -2.10. The fourth-order valence-electron chi connectivity index (χ4n) is 2.83. The molecule has 0 heterocycles. The zero-order valence-electron chi connectivity index (χ0n) is 14.5. The Kier molecular flexibility index (Phi) is 8.97. The zero-order valence-corrected chi connectivity index (χ0v) is 14.5. The van der Waals surface area contributed by atoms with Crippen LogP contribution in [0.5, 0.6) is 0 Å². The predicted octanol–water partition coefficient (Wildman–Crippen LogP) is 4.74. The van der Waals surface area contributed by atoms with Crippen molar-refractivity contribution in [1.82, 2.24) is 0 Å². The van der Waals surface area contributed by atoms with Gasteiger partial charge in [-0.05, 0) is 32.1 Å². The first kappa shape index (κ1) is 19.7. The van der Waals surface area contributed by atoms with Gasteiger partial charge in [0.1, 0.15) is 0 Å². The van der Waals surface area contributed by atoms with E-state index < -0.39 is 0 Å². The standard InChI is InChI=1S/C14H25NO.C5H7NO/c1-2-3-4-5-6-7-8-9-14(10-11-14)13(16)12-15;6-3-5(7)4-1-2-4/h12,15H,2-11H2,1H3;3-4,6H,1-2H2. The molecular formula is C19H32N2O2. The second-order valence-corrected chi connectivity index (χ2v) is 6.98. The molecule has 2 rings (SSSR count). The summed E-state index contributed by atoms with van der Waals surface area (Å²) in [5.74, 6) is 0.302. The second-order valence-electron chi connectivity index (χ2n) is 6.98. The van der Waals surface area contributed by atoms with E-state index in [0.29, 0.717) is 0 Å². The largest absolute Gasteiger partial charge is 0.305 e. The van der Waals surface area contributed by atoms with E-state index in [1.165, 1.54) is 44.9 Å². The monoisotopic (exact) mass is 320 g/mol. The first-order valence-corrected chi connectivity index (χ1v) is 9.19. The molecule has 0 aliphatic heterocycles. The van der Waals surface area contributed by atoms with Gasteiger partial charge in [0.2, 0.25) is 0 Å². The average Bonchev–Trinajstić information content (AvgIpc) is 3.47. The molecule has 4 nitrogen and oxygen atoms in total. The molecule has 0 unspecified atom stereocenters. The lowest BCUT2D eigenvalue weighted by molar-refractivity contribution is -0.117. The summed E-state index contributed by atoms with van der Waals surface area (Å²) in [4.78, 5) is 21.8. The van der Waals surface area contributed by atoms with Crippen LogP contribution < -0.4 is 0 Å². The first-order valence-electron chi connectivity index (χ1n) is 9.19. The van der Waals surface area contributed by atoms with Crippen LogP contribution >= 0.6 is 0 Å². The molecule has 0 saturated heterocycles. The van der Waals surface area contributed by atoms with Gasteiger partial charge in [-0.15, -0.1) is 0 Å². The number of hydrogen-bond donors (Lipinski definition) is 2. The number of Topliss-reactive ketones (excluding diaryl/α,β-unsaturated/α-hetero) is 2. The van der Waals surface area contributed by atoms with Crippen LogP contribution in [0.25, 0.3) is 0 Å². The van der Waals surface area contributed by atoms with E-state index in [4.69, 9.17) is 10.8 Å². The number of ketones is 2. The smallest absolute Gasteiger partial charge is 0.179 e. The van der Waals surface area contributed by atoms with E-state index in [-0.39, 0.29) is 22.9 Å². The van der Waals surface area contributed by atoms with Gasteiger partial charge >= 0.3 is 0 Å². The molecule has 0 aromatic carbocycles. The molecule has 0 spiro atoms. The minimum Gasteiger partial charge on any atom is -0.305 e. The van der Waals surface area contributed by atoms with E-state index >= 15 is 0 Å². The molecule has 0 atom stereocenters. The third-order valence-electron chi connectivity index (χ3n) is 4.89. The highest BCUT2D eigenvalue weighted by molar-refractivity contribution is 6.29. The lowest BCUT2D eigenvalue weighted by atomic mass is 9.93. The third kappa shape index (κ3) is 7.67. The summed E-state index contributed by atoms with van der Waals surface area (Å²) in [7, 11) is 0. The first-order chi connectivity index (χ1) is 11.1. The van der Waals surface area contributed by atoms with Crippen LogP contribution in [-0.2, 0) is 9.59 Å². The van der Waals surface area contributed by atoms with Crippen molar-refractivity contribution in [2.24, 2.45) is 11.3 Å². The lowest BCUT2D eigenvalue weighted by Crippen LogP contribution is -2.16. The minimum atomic E-state index is -0.0782. The summed E-state index contributed by atoms with van der Waals surface area (Å²) in [6.45, 7) is 2.24. The van der Waals surface area contributed by atoms with Gasteiger partial charge in [-0.1, -0.05) is 51.9 Å². The van der Waals surface area contributed by atoms with Crippen molar-refractivity contribution in [3.05, 3.63) is 0 Å². The van der Waals surface area contributed by atoms with Gasteiger partial charge in [0.05, 0.1) is 12.4 Å². The molecule has 130 valence electrons. The molecule has 2 saturated carbocycles. The Morgan fingerprint density at radius 2 is 1.52 bits per heavy atom. The normalized spacial score (nSPS) is 17.6. The third-order valence-corrected chi connectivity index (χ3v) is 4.89. The van der Waals surface area contributed by atoms with Crippen LogP contribution in [0.2, 0.25) is 0 Å². The Bertz CT molecular complexity index is 410. The average molecular weight is 320 g/mol. The van der Waals surface area contributed by atoms with Gasteiger partial charge < -0.3 is 10.8 Å². The van der Waals surface area contributed by atoms with Crippen molar-refractivity contribution >= 4 is 24.0 Å². The maximum absolute atomic E-state index is 11.5. The Morgan fingerprint density at radius 3 is 1.91 bits per heavy atom. The molecule has 0 aromatic rings. The number of carbonyl (C=O) groups is 2. The minimum absolute atomic E-state index is 0.000000000000000222. The maximum atomic E-state index is 11.5. The summed E-state index contributed by atoms with van der Waals surface area (Å²) >= 11 is 0. The van der Waals surface area contributed by atoms with Crippen molar-refractivity contribution in [2.75, 3.05) is 0 Å². The van der Waals surface area contributed by atoms with Gasteiger partial charge in [-0.25, -0.2) is 0 Å². The molecule has 2 fully saturated rings. The van der Waals surface area contributed by atoms with E-state index in [9.17, 15) is 9.59 Å². The van der Waals surface area contributed by atoms with Crippen LogP contribution in [0.4, 0.5) is 0 Å². The molecule has 4 heteroatoms. The fraction of sp³-hybridized carbons (Fsp3) is 0.789. The highest BCUT2D eigenvalue weighted by Gasteiger charge is 2.47. The van der Waals surface area contributed by atoms with E-state index in [1.807, 2.05) is 0 Å². The molecule has 0 radical (unpaired) electrons. The molecule has 0 bridgehead atoms. The molecule has 23 heavy (non-hydrogen) atoms. The van der Waals surface area contributed by atoms with Crippen molar-refractivity contribution < 1.29 is 9.59 Å². The fourth-order valence-corrected chi connectivity index (χ4v) is 2.83. The quantitative estimate of drug-likeness (QED) is 0.402. The number of rotatable bonds is 12. The summed E-state index contributed by atoms with van der Waals surface area (Å²) in [6, 6.07) is 0. The van der Waals surface area contributed by atoms with E-state index in [2.05, 4.69) is 6.92 Å². The van der Waals surface area contributed by atoms with Gasteiger partial charge in [0, 0.05) is 11.3 Å². The molecule has 2 aliphatic rings. The molecular weight excluding hydrogens is 288 g/mol. The van der Waals surface area contributed by atoms with Crippen LogP contribution in [-0.4, -0.2) is 24.0 Å². The highest BCUT2D eigenvalue weighted by atomic mass is 16.1. The Labute approximate surface area is 140 Å². The Morgan fingerprint density at radius 1 is 0.957 bits per heavy atom. The molecule has 0 amide bonds. The number of unbranched alkanes of at least 4 members (excludes halogenated alkanes) is 6. The maximum Gasteiger partial charge on any atom is 0.179 e. The van der Waals surface area contributed by atoms with Crippen molar-refractivity contribution in [3.8, 4) is 0 Å². The van der Waals surface area contributed by atoms with Crippen molar-refractivity contribution in [3.63, 3.8) is 0 Å². The number of nitrogens with one attached hydrogen (secondary N) is 2. The molecule has 0 aromatic heterocycles. The second kappa shape index (κ2) is 10.5. The SMILES string of the molecule is CCCCCCCCCC1(C(=O)C=N)CC1.N=CC(=O)C1CC1. The highest BCUT2D eigenvalue weighted by Crippen LogP contribution is 2.50. The summed E-state index contributed by atoms with van der Waals surface area (Å²) < 4.78 is 0. The van der Waals surface area contributed by atoms with Crippen LogP contribution in [0.1, 0.15) is 84.0 Å². The Balaban J connectivity index is 0.000000313. The van der Waals surface area contributed by atoms with Crippen molar-refractivity contribution in [2.45, 2.75) is 84.0 Å². The molecule has 2 N–H and O–H groups in total. The summed E-state index contributed by atoms with van der Waals surface area (Å²) in [5.41, 5.74) is -0.0782. The van der Waals surface area contributed by atoms with Crippen LogP contribution in [0, 0.1) is 22.2 Å². The predicted molar refractivity (Wildman–Crippen MR) is 94.6 cm³/mol. The van der Waals surface area contributed by atoms with Gasteiger partial charge in [-0.3, -0.25) is 9.59 Å². The molecule has 2 aliphatic carbocycles. The summed E-state index contributed by atoms with van der Waals surface area (Å²) in [5, 5.41) is 13.5.